The summed E-state index contributed by atoms with van der Waals surface area (Å²) in [5.41, 5.74) is 1.20. The molecule has 84 valence electrons. The van der Waals surface area contributed by atoms with Crippen molar-refractivity contribution in [3.63, 3.8) is 0 Å². The number of hydrogen-bond donors (Lipinski definition) is 1. The van der Waals surface area contributed by atoms with E-state index in [0.717, 1.165) is 12.8 Å². The molecule has 3 rings (SSSR count). The minimum atomic E-state index is -0.0698. The molecule has 16 heavy (non-hydrogen) atoms. The molecule has 2 nitrogen and oxygen atoms in total. The summed E-state index contributed by atoms with van der Waals surface area (Å²) in [7, 11) is 0. The van der Waals surface area contributed by atoms with Crippen LogP contribution in [0.15, 0.2) is 30.3 Å². The molecule has 2 heteroatoms. The molecular weight excluding hydrogens is 198 g/mol. The van der Waals surface area contributed by atoms with Gasteiger partial charge in [-0.25, -0.2) is 0 Å². The Kier molecular flexibility index (Phi) is 2.23. The summed E-state index contributed by atoms with van der Waals surface area (Å²) in [6.07, 6.45) is 5.83. The highest BCUT2D eigenvalue weighted by molar-refractivity contribution is 5.90. The van der Waals surface area contributed by atoms with Crippen LogP contribution in [-0.4, -0.2) is 5.91 Å². The van der Waals surface area contributed by atoms with Gasteiger partial charge in [0.05, 0.1) is 11.5 Å². The maximum absolute atomic E-state index is 11.9. The number of β-lactam (4-membered cyclic amide) rings is 1. The number of rotatable bonds is 1. The Labute approximate surface area is 96.1 Å². The summed E-state index contributed by atoms with van der Waals surface area (Å²) in [6.45, 7) is 0. The molecule has 1 saturated heterocycles. The van der Waals surface area contributed by atoms with E-state index in [9.17, 15) is 4.79 Å². The van der Waals surface area contributed by atoms with Gasteiger partial charge < -0.3 is 5.32 Å². The molecule has 1 spiro atoms. The van der Waals surface area contributed by atoms with Crippen molar-refractivity contribution >= 4 is 5.91 Å². The molecule has 1 heterocycles. The molecule has 1 aromatic carbocycles. The molecule has 1 aliphatic carbocycles. The van der Waals surface area contributed by atoms with Crippen molar-refractivity contribution in [3.05, 3.63) is 35.9 Å². The summed E-state index contributed by atoms with van der Waals surface area (Å²) in [4.78, 5) is 11.9. The van der Waals surface area contributed by atoms with Gasteiger partial charge in [0.1, 0.15) is 0 Å². The van der Waals surface area contributed by atoms with Gasteiger partial charge in [0.2, 0.25) is 5.91 Å². The molecule has 1 aromatic rings. The van der Waals surface area contributed by atoms with E-state index in [1.54, 1.807) is 0 Å². The number of amides is 1. The van der Waals surface area contributed by atoms with Crippen molar-refractivity contribution in [1.82, 2.24) is 5.32 Å². The van der Waals surface area contributed by atoms with Gasteiger partial charge in [-0.1, -0.05) is 49.6 Å². The van der Waals surface area contributed by atoms with Crippen LogP contribution in [0.3, 0.4) is 0 Å². The quantitative estimate of drug-likeness (QED) is 0.717. The predicted octanol–water partition coefficient (Wildman–Crippen LogP) is 2.81. The summed E-state index contributed by atoms with van der Waals surface area (Å²) in [5.74, 6) is 0.279. The van der Waals surface area contributed by atoms with E-state index in [0.29, 0.717) is 0 Å². The van der Waals surface area contributed by atoms with Gasteiger partial charge in [-0.15, -0.1) is 0 Å². The molecule has 0 radical (unpaired) electrons. The van der Waals surface area contributed by atoms with Gasteiger partial charge in [0.25, 0.3) is 0 Å². The summed E-state index contributed by atoms with van der Waals surface area (Å²) >= 11 is 0. The van der Waals surface area contributed by atoms with E-state index in [-0.39, 0.29) is 17.4 Å². The zero-order valence-corrected chi connectivity index (χ0v) is 9.41. The third kappa shape index (κ3) is 1.29. The number of carbonyl (C=O) groups excluding carboxylic acids is 1. The van der Waals surface area contributed by atoms with Crippen LogP contribution in [0.5, 0.6) is 0 Å². The highest BCUT2D eigenvalue weighted by atomic mass is 16.2. The van der Waals surface area contributed by atoms with E-state index >= 15 is 0 Å². The summed E-state index contributed by atoms with van der Waals surface area (Å²) in [6, 6.07) is 10.6. The van der Waals surface area contributed by atoms with Crippen molar-refractivity contribution in [2.75, 3.05) is 0 Å². The van der Waals surface area contributed by atoms with Crippen LogP contribution in [0.2, 0.25) is 0 Å². The second kappa shape index (κ2) is 3.62. The summed E-state index contributed by atoms with van der Waals surface area (Å²) < 4.78 is 0. The fourth-order valence-corrected chi connectivity index (χ4v) is 3.21. The maximum Gasteiger partial charge on any atom is 0.229 e. The Bertz CT molecular complexity index is 392. The Morgan fingerprint density at radius 1 is 1.06 bits per heavy atom. The Morgan fingerprint density at radius 2 is 1.75 bits per heavy atom. The van der Waals surface area contributed by atoms with E-state index in [1.165, 1.54) is 24.8 Å². The normalized spacial score (nSPS) is 27.2. The van der Waals surface area contributed by atoms with Gasteiger partial charge in [0.15, 0.2) is 0 Å². The van der Waals surface area contributed by atoms with E-state index in [4.69, 9.17) is 0 Å². The smallest absolute Gasteiger partial charge is 0.229 e. The van der Waals surface area contributed by atoms with Gasteiger partial charge in [-0.3, -0.25) is 4.79 Å². The third-order valence-electron chi connectivity index (χ3n) is 4.16. The third-order valence-corrected chi connectivity index (χ3v) is 4.16. The molecule has 0 unspecified atom stereocenters. The van der Waals surface area contributed by atoms with Gasteiger partial charge in [-0.2, -0.15) is 0 Å². The van der Waals surface area contributed by atoms with Crippen molar-refractivity contribution in [3.8, 4) is 0 Å². The highest BCUT2D eigenvalue weighted by Gasteiger charge is 2.55. The molecule has 2 fully saturated rings. The van der Waals surface area contributed by atoms with Gasteiger partial charge in [0, 0.05) is 0 Å². The first-order valence-corrected chi connectivity index (χ1v) is 6.19. The minimum absolute atomic E-state index is 0.0698. The summed E-state index contributed by atoms with van der Waals surface area (Å²) in [5, 5.41) is 3.08. The number of hydrogen-bond acceptors (Lipinski definition) is 1. The lowest BCUT2D eigenvalue weighted by Crippen LogP contribution is -2.61. The number of benzene rings is 1. The van der Waals surface area contributed by atoms with Gasteiger partial charge >= 0.3 is 0 Å². The zero-order valence-electron chi connectivity index (χ0n) is 9.41. The maximum atomic E-state index is 11.9. The Morgan fingerprint density at radius 3 is 2.38 bits per heavy atom. The lowest BCUT2D eigenvalue weighted by molar-refractivity contribution is -0.149. The molecule has 1 atom stereocenters. The van der Waals surface area contributed by atoms with Crippen LogP contribution in [0, 0.1) is 5.41 Å². The van der Waals surface area contributed by atoms with Crippen LogP contribution in [0.4, 0.5) is 0 Å². The molecule has 1 saturated carbocycles. The molecule has 1 aliphatic heterocycles. The largest absolute Gasteiger partial charge is 0.348 e. The van der Waals surface area contributed by atoms with E-state index in [2.05, 4.69) is 29.6 Å². The second-order valence-corrected chi connectivity index (χ2v) is 5.03. The average molecular weight is 215 g/mol. The molecule has 1 amide bonds. The van der Waals surface area contributed by atoms with Crippen LogP contribution in [0.25, 0.3) is 0 Å². The Balaban J connectivity index is 1.90. The molecule has 1 N–H and O–H groups in total. The fraction of sp³-hybridized carbons (Fsp3) is 0.500. The van der Waals surface area contributed by atoms with Crippen molar-refractivity contribution in [2.45, 2.75) is 38.1 Å². The minimum Gasteiger partial charge on any atom is -0.348 e. The first-order chi connectivity index (χ1) is 7.83. The predicted molar refractivity (Wildman–Crippen MR) is 62.8 cm³/mol. The molecule has 0 aromatic heterocycles. The lowest BCUT2D eigenvalue weighted by Gasteiger charge is -2.51. The highest BCUT2D eigenvalue weighted by Crippen LogP contribution is 2.51. The fourth-order valence-electron chi connectivity index (χ4n) is 3.21. The monoisotopic (exact) mass is 215 g/mol. The number of carbonyl (C=O) groups is 1. The Hall–Kier alpha value is -1.31. The molecule has 0 bridgehead atoms. The number of nitrogens with one attached hydrogen (secondary N) is 1. The molecular formula is C14H17NO. The topological polar surface area (TPSA) is 29.1 Å². The second-order valence-electron chi connectivity index (χ2n) is 5.03. The van der Waals surface area contributed by atoms with Crippen LogP contribution in [-0.2, 0) is 4.79 Å². The SMILES string of the molecule is O=C1N[C@H](c2ccccc2)C12CCCCC2. The van der Waals surface area contributed by atoms with Crippen molar-refractivity contribution < 1.29 is 4.79 Å². The first kappa shape index (κ1) is 9.88. The standard InChI is InChI=1S/C14H17NO/c16-13-14(9-5-2-6-10-14)12(15-13)11-7-3-1-4-8-11/h1,3-4,7-8,12H,2,5-6,9-10H2,(H,15,16)/t12-/m1/s1. The average Bonchev–Trinajstić information content (AvgIpc) is 2.38. The zero-order chi connectivity index (χ0) is 11.0. The van der Waals surface area contributed by atoms with Crippen LogP contribution >= 0.6 is 0 Å². The van der Waals surface area contributed by atoms with Crippen LogP contribution in [0.1, 0.15) is 43.7 Å². The molecule has 2 aliphatic rings. The van der Waals surface area contributed by atoms with Crippen LogP contribution < -0.4 is 5.32 Å². The van der Waals surface area contributed by atoms with Crippen molar-refractivity contribution in [2.24, 2.45) is 5.41 Å². The van der Waals surface area contributed by atoms with E-state index < -0.39 is 0 Å². The van der Waals surface area contributed by atoms with Gasteiger partial charge in [-0.05, 0) is 18.4 Å². The lowest BCUT2D eigenvalue weighted by atomic mass is 9.61. The van der Waals surface area contributed by atoms with E-state index in [1.807, 2.05) is 6.07 Å². The first-order valence-electron chi connectivity index (χ1n) is 6.19. The van der Waals surface area contributed by atoms with Crippen molar-refractivity contribution in [1.29, 1.82) is 0 Å².